The van der Waals surface area contributed by atoms with Crippen molar-refractivity contribution < 1.29 is 4.79 Å². The summed E-state index contributed by atoms with van der Waals surface area (Å²) < 4.78 is 0. The summed E-state index contributed by atoms with van der Waals surface area (Å²) >= 11 is 6.21. The number of carbonyl (C=O) groups is 1. The second kappa shape index (κ2) is 7.48. The normalized spacial score (nSPS) is 14.2. The second-order valence-electron chi connectivity index (χ2n) is 4.68. The third kappa shape index (κ3) is 3.93. The molecule has 1 aromatic carbocycles. The number of carbonyl (C=O) groups excluding carboxylic acids is 1. The lowest BCUT2D eigenvalue weighted by Crippen LogP contribution is -2.48. The standard InChI is InChI=1S/C14H22ClN3O/c1-4-7-13(14(19)17-16)18(3)10(2)11-8-5-6-9-12(11)15/h5-6,8-10,13H,4,7,16H2,1-3H3,(H,17,19). The van der Waals surface area contributed by atoms with Gasteiger partial charge in [-0.1, -0.05) is 43.1 Å². The van der Waals surface area contributed by atoms with Crippen molar-refractivity contribution in [2.45, 2.75) is 38.8 Å². The summed E-state index contributed by atoms with van der Waals surface area (Å²) in [6, 6.07) is 7.48. The number of nitrogens with two attached hydrogens (primary N) is 1. The Balaban J connectivity index is 2.93. The van der Waals surface area contributed by atoms with E-state index in [1.165, 1.54) is 0 Å². The molecule has 4 nitrogen and oxygen atoms in total. The smallest absolute Gasteiger partial charge is 0.251 e. The van der Waals surface area contributed by atoms with E-state index in [1.54, 1.807) is 0 Å². The van der Waals surface area contributed by atoms with Gasteiger partial charge in [0.2, 0.25) is 0 Å². The first-order valence-corrected chi connectivity index (χ1v) is 6.87. The summed E-state index contributed by atoms with van der Waals surface area (Å²) in [6.45, 7) is 4.08. The first-order chi connectivity index (χ1) is 9.02. The van der Waals surface area contributed by atoms with Gasteiger partial charge in [0.25, 0.3) is 5.91 Å². The van der Waals surface area contributed by atoms with E-state index >= 15 is 0 Å². The highest BCUT2D eigenvalue weighted by Crippen LogP contribution is 2.28. The minimum absolute atomic E-state index is 0.0440. The third-order valence-corrected chi connectivity index (χ3v) is 3.81. The topological polar surface area (TPSA) is 58.4 Å². The van der Waals surface area contributed by atoms with Gasteiger partial charge in [0.15, 0.2) is 0 Å². The van der Waals surface area contributed by atoms with Gasteiger partial charge in [-0.2, -0.15) is 0 Å². The number of nitrogens with zero attached hydrogens (tertiary/aromatic N) is 1. The Labute approximate surface area is 119 Å². The molecule has 106 valence electrons. The largest absolute Gasteiger partial charge is 0.293 e. The zero-order valence-electron chi connectivity index (χ0n) is 11.7. The number of rotatable bonds is 6. The first kappa shape index (κ1) is 16.0. The molecule has 19 heavy (non-hydrogen) atoms. The van der Waals surface area contributed by atoms with Crippen LogP contribution in [0.5, 0.6) is 0 Å². The highest BCUT2D eigenvalue weighted by atomic mass is 35.5. The first-order valence-electron chi connectivity index (χ1n) is 6.49. The molecule has 1 aromatic rings. The lowest BCUT2D eigenvalue weighted by molar-refractivity contribution is -0.127. The number of nitrogens with one attached hydrogen (secondary N) is 1. The number of amides is 1. The highest BCUT2D eigenvalue weighted by Gasteiger charge is 2.26. The van der Waals surface area contributed by atoms with Gasteiger partial charge in [0.1, 0.15) is 0 Å². The maximum atomic E-state index is 11.9. The number of hydrogen-bond donors (Lipinski definition) is 2. The molecule has 0 heterocycles. The van der Waals surface area contributed by atoms with E-state index in [0.717, 1.165) is 18.4 Å². The molecule has 5 heteroatoms. The van der Waals surface area contributed by atoms with Crippen LogP contribution in [0.4, 0.5) is 0 Å². The van der Waals surface area contributed by atoms with Crippen molar-refractivity contribution in [3.05, 3.63) is 34.9 Å². The molecule has 0 aliphatic rings. The SMILES string of the molecule is CCCC(C(=O)NN)N(C)C(C)c1ccccc1Cl. The average molecular weight is 284 g/mol. The molecule has 0 aromatic heterocycles. The van der Waals surface area contributed by atoms with E-state index in [4.69, 9.17) is 17.4 Å². The minimum atomic E-state index is -0.249. The van der Waals surface area contributed by atoms with Crippen LogP contribution in [0.1, 0.15) is 38.3 Å². The van der Waals surface area contributed by atoms with Gasteiger partial charge in [0.05, 0.1) is 6.04 Å². The lowest BCUT2D eigenvalue weighted by Gasteiger charge is -2.32. The third-order valence-electron chi connectivity index (χ3n) is 3.46. The van der Waals surface area contributed by atoms with Crippen LogP contribution in [-0.2, 0) is 4.79 Å². The van der Waals surface area contributed by atoms with Gasteiger partial charge in [-0.3, -0.25) is 15.1 Å². The zero-order valence-corrected chi connectivity index (χ0v) is 12.4. The average Bonchev–Trinajstić information content (AvgIpc) is 2.43. The van der Waals surface area contributed by atoms with Crippen LogP contribution in [-0.4, -0.2) is 23.9 Å². The van der Waals surface area contributed by atoms with Gasteiger partial charge in [-0.25, -0.2) is 5.84 Å². The number of halogens is 1. The van der Waals surface area contributed by atoms with E-state index in [2.05, 4.69) is 5.43 Å². The summed E-state index contributed by atoms with van der Waals surface area (Å²) in [5.74, 6) is 5.09. The molecule has 0 aliphatic heterocycles. The van der Waals surface area contributed by atoms with Crippen LogP contribution in [0.3, 0.4) is 0 Å². The quantitative estimate of drug-likeness (QED) is 0.479. The van der Waals surface area contributed by atoms with Crippen molar-refractivity contribution in [3.63, 3.8) is 0 Å². The van der Waals surface area contributed by atoms with E-state index in [0.29, 0.717) is 5.02 Å². The lowest BCUT2D eigenvalue weighted by atomic mass is 10.0. The summed E-state index contributed by atoms with van der Waals surface area (Å²) in [6.07, 6.45) is 1.67. The molecule has 1 rings (SSSR count). The molecule has 1 amide bonds. The molecule has 0 fully saturated rings. The van der Waals surface area contributed by atoms with Gasteiger partial charge in [-0.15, -0.1) is 0 Å². The van der Waals surface area contributed by atoms with Gasteiger partial charge in [0, 0.05) is 11.1 Å². The molecule has 3 N–H and O–H groups in total. The number of hydrazine groups is 1. The van der Waals surface area contributed by atoms with Crippen LogP contribution < -0.4 is 11.3 Å². The van der Waals surface area contributed by atoms with Gasteiger partial charge in [-0.05, 0) is 32.0 Å². The Morgan fingerprint density at radius 3 is 2.63 bits per heavy atom. The Morgan fingerprint density at radius 1 is 1.47 bits per heavy atom. The maximum Gasteiger partial charge on any atom is 0.251 e. The molecule has 0 radical (unpaired) electrons. The Kier molecular flexibility index (Phi) is 6.28. The monoisotopic (exact) mass is 283 g/mol. The number of likely N-dealkylation sites (N-methyl/N-ethyl adjacent to an activating group) is 1. The van der Waals surface area contributed by atoms with Crippen molar-refractivity contribution in [2.24, 2.45) is 5.84 Å². The van der Waals surface area contributed by atoms with Crippen molar-refractivity contribution in [1.29, 1.82) is 0 Å². The molecular weight excluding hydrogens is 262 g/mol. The molecule has 0 saturated heterocycles. The fraction of sp³-hybridized carbons (Fsp3) is 0.500. The van der Waals surface area contributed by atoms with Crippen LogP contribution in [0.15, 0.2) is 24.3 Å². The molecule has 0 bridgehead atoms. The number of hydrogen-bond acceptors (Lipinski definition) is 3. The van der Waals surface area contributed by atoms with E-state index in [1.807, 2.05) is 50.1 Å². The minimum Gasteiger partial charge on any atom is -0.293 e. The Hall–Kier alpha value is -1.10. The fourth-order valence-electron chi connectivity index (χ4n) is 2.19. The van der Waals surface area contributed by atoms with E-state index in [9.17, 15) is 4.79 Å². The fourth-order valence-corrected chi connectivity index (χ4v) is 2.49. The summed E-state index contributed by atoms with van der Waals surface area (Å²) in [4.78, 5) is 13.9. The maximum absolute atomic E-state index is 11.9. The van der Waals surface area contributed by atoms with Crippen molar-refractivity contribution in [2.75, 3.05) is 7.05 Å². The molecule has 2 atom stereocenters. The highest BCUT2D eigenvalue weighted by molar-refractivity contribution is 6.31. The molecular formula is C14H22ClN3O. The van der Waals surface area contributed by atoms with Crippen LogP contribution in [0, 0.1) is 0 Å². The van der Waals surface area contributed by atoms with Crippen molar-refractivity contribution in [1.82, 2.24) is 10.3 Å². The van der Waals surface area contributed by atoms with Gasteiger partial charge >= 0.3 is 0 Å². The molecule has 0 aliphatic carbocycles. The molecule has 0 spiro atoms. The molecule has 0 saturated carbocycles. The van der Waals surface area contributed by atoms with E-state index < -0.39 is 0 Å². The predicted molar refractivity (Wildman–Crippen MR) is 78.7 cm³/mol. The van der Waals surface area contributed by atoms with Crippen LogP contribution >= 0.6 is 11.6 Å². The van der Waals surface area contributed by atoms with Crippen molar-refractivity contribution >= 4 is 17.5 Å². The van der Waals surface area contributed by atoms with Crippen LogP contribution in [0.25, 0.3) is 0 Å². The molecule has 2 unspecified atom stereocenters. The van der Waals surface area contributed by atoms with E-state index in [-0.39, 0.29) is 18.0 Å². The van der Waals surface area contributed by atoms with Crippen LogP contribution in [0.2, 0.25) is 5.02 Å². The number of benzene rings is 1. The zero-order chi connectivity index (χ0) is 14.4. The van der Waals surface area contributed by atoms with Crippen molar-refractivity contribution in [3.8, 4) is 0 Å². The Bertz CT molecular complexity index is 425. The summed E-state index contributed by atoms with van der Waals surface area (Å²) in [7, 11) is 1.92. The Morgan fingerprint density at radius 2 is 2.11 bits per heavy atom. The van der Waals surface area contributed by atoms with Gasteiger partial charge < -0.3 is 0 Å². The summed E-state index contributed by atoms with van der Waals surface area (Å²) in [5.41, 5.74) is 3.25. The second-order valence-corrected chi connectivity index (χ2v) is 5.08. The summed E-state index contributed by atoms with van der Waals surface area (Å²) in [5, 5.41) is 0.713. The predicted octanol–water partition coefficient (Wildman–Crippen LogP) is 2.49.